The third-order valence-corrected chi connectivity index (χ3v) is 6.20. The Labute approximate surface area is 122 Å². The zero-order valence-corrected chi connectivity index (χ0v) is 14.1. The molecule has 20 heavy (non-hydrogen) atoms. The molecule has 6 heteroatoms. The van der Waals surface area contributed by atoms with Crippen molar-refractivity contribution in [2.75, 3.05) is 35.5 Å². The zero-order valence-electron chi connectivity index (χ0n) is 13.1. The molecule has 0 unspecified atom stereocenters. The average molecular weight is 300 g/mol. The second-order valence-electron chi connectivity index (χ2n) is 4.42. The van der Waals surface area contributed by atoms with Gasteiger partial charge >= 0.3 is 8.80 Å². The number of methoxy groups -OCH3 is 2. The van der Waals surface area contributed by atoms with E-state index in [0.717, 1.165) is 29.0 Å². The topological polar surface area (TPSA) is 46.2 Å². The van der Waals surface area contributed by atoms with Crippen molar-refractivity contribution in [2.24, 2.45) is 0 Å². The summed E-state index contributed by atoms with van der Waals surface area (Å²) in [5.41, 5.74) is 2.24. The molecule has 0 spiro atoms. The first kappa shape index (κ1) is 17.0. The Morgan fingerprint density at radius 1 is 0.900 bits per heavy atom. The molecule has 0 saturated heterocycles. The molecule has 114 valence electrons. The molecule has 0 bridgehead atoms. The van der Waals surface area contributed by atoms with Crippen molar-refractivity contribution in [3.8, 4) is 11.5 Å². The van der Waals surface area contributed by atoms with E-state index in [1.54, 1.807) is 35.5 Å². The molecule has 0 aliphatic carbocycles. The number of rotatable bonds is 8. The molecule has 0 fully saturated rings. The predicted octanol–water partition coefficient (Wildman–Crippen LogP) is 2.43. The van der Waals surface area contributed by atoms with Gasteiger partial charge in [-0.1, -0.05) is 0 Å². The predicted molar refractivity (Wildman–Crippen MR) is 79.6 cm³/mol. The van der Waals surface area contributed by atoms with Crippen LogP contribution in [-0.2, 0) is 19.7 Å². The summed E-state index contributed by atoms with van der Waals surface area (Å²) in [7, 11) is 5.60. The first-order chi connectivity index (χ1) is 9.55. The standard InChI is InChI=1S/C14H24O5Si/c1-11-9-12(15-2)10-14(16-3)13(11)7-8-20(17-4,18-5)19-6/h9-10H,7-8H2,1-6H3. The lowest BCUT2D eigenvalue weighted by atomic mass is 10.0. The maximum Gasteiger partial charge on any atom is 0.500 e. The first-order valence-electron chi connectivity index (χ1n) is 6.42. The van der Waals surface area contributed by atoms with Crippen LogP contribution in [-0.4, -0.2) is 44.4 Å². The fourth-order valence-corrected chi connectivity index (χ4v) is 3.88. The highest BCUT2D eigenvalue weighted by atomic mass is 28.4. The lowest BCUT2D eigenvalue weighted by molar-refractivity contribution is 0.123. The van der Waals surface area contributed by atoms with Gasteiger partial charge in [0.05, 0.1) is 14.2 Å². The fraction of sp³-hybridized carbons (Fsp3) is 0.571. The summed E-state index contributed by atoms with van der Waals surface area (Å²) in [6.45, 7) is 2.04. The van der Waals surface area contributed by atoms with Gasteiger partial charge in [-0.05, 0) is 30.5 Å². The van der Waals surface area contributed by atoms with Gasteiger partial charge in [0.15, 0.2) is 0 Å². The summed E-state index contributed by atoms with van der Waals surface area (Å²) in [6.07, 6.45) is 0.765. The lowest BCUT2D eigenvalue weighted by Gasteiger charge is -2.25. The summed E-state index contributed by atoms with van der Waals surface area (Å²) in [5.74, 6) is 1.60. The van der Waals surface area contributed by atoms with Gasteiger partial charge in [-0.2, -0.15) is 0 Å². The molecule has 0 amide bonds. The van der Waals surface area contributed by atoms with E-state index in [1.165, 1.54) is 0 Å². The molecule has 0 N–H and O–H groups in total. The van der Waals surface area contributed by atoms with Crippen LogP contribution in [0.4, 0.5) is 0 Å². The Bertz CT molecular complexity index is 424. The third-order valence-electron chi connectivity index (χ3n) is 3.48. The summed E-state index contributed by atoms with van der Waals surface area (Å²) < 4.78 is 27.0. The van der Waals surface area contributed by atoms with Crippen molar-refractivity contribution >= 4 is 8.80 Å². The molecule has 1 aromatic rings. The quantitative estimate of drug-likeness (QED) is 0.690. The monoisotopic (exact) mass is 300 g/mol. The number of ether oxygens (including phenoxy) is 2. The molecule has 0 radical (unpaired) electrons. The maximum absolute atomic E-state index is 5.45. The van der Waals surface area contributed by atoms with Crippen molar-refractivity contribution < 1.29 is 22.8 Å². The second-order valence-corrected chi connectivity index (χ2v) is 7.51. The minimum absolute atomic E-state index is 0.694. The van der Waals surface area contributed by atoms with Gasteiger partial charge in [0, 0.05) is 33.4 Å². The Hall–Kier alpha value is -1.08. The van der Waals surface area contributed by atoms with Crippen molar-refractivity contribution in [1.29, 1.82) is 0 Å². The van der Waals surface area contributed by atoms with Gasteiger partial charge in [0.2, 0.25) is 0 Å². The lowest BCUT2D eigenvalue weighted by Crippen LogP contribution is -2.43. The summed E-state index contributed by atoms with van der Waals surface area (Å²) in [4.78, 5) is 0. The maximum atomic E-state index is 5.45. The van der Waals surface area contributed by atoms with E-state index in [0.29, 0.717) is 6.04 Å². The number of benzene rings is 1. The fourth-order valence-electron chi connectivity index (χ4n) is 2.21. The first-order valence-corrected chi connectivity index (χ1v) is 8.36. The van der Waals surface area contributed by atoms with E-state index < -0.39 is 8.80 Å². The Balaban J connectivity index is 2.97. The SMILES string of the molecule is COc1cc(C)c(CC[Si](OC)(OC)OC)c(OC)c1. The Kier molecular flexibility index (Phi) is 6.48. The average Bonchev–Trinajstić information content (AvgIpc) is 2.49. The van der Waals surface area contributed by atoms with E-state index in [2.05, 4.69) is 0 Å². The molecular weight excluding hydrogens is 276 g/mol. The molecule has 0 aromatic heterocycles. The molecule has 1 aromatic carbocycles. The molecule has 0 aliphatic rings. The Morgan fingerprint density at radius 3 is 1.95 bits per heavy atom. The molecule has 0 atom stereocenters. The minimum atomic E-state index is -2.57. The van der Waals surface area contributed by atoms with Gasteiger partial charge in [0.25, 0.3) is 0 Å². The normalized spacial score (nSPS) is 11.5. The van der Waals surface area contributed by atoms with Gasteiger partial charge in [-0.3, -0.25) is 0 Å². The minimum Gasteiger partial charge on any atom is -0.497 e. The summed E-state index contributed by atoms with van der Waals surface area (Å²) in [6, 6.07) is 4.57. The van der Waals surface area contributed by atoms with E-state index in [4.69, 9.17) is 22.8 Å². The van der Waals surface area contributed by atoms with Crippen LogP contribution < -0.4 is 9.47 Å². The second kappa shape index (κ2) is 7.63. The zero-order chi connectivity index (χ0) is 15.2. The van der Waals surface area contributed by atoms with Crippen molar-refractivity contribution in [1.82, 2.24) is 0 Å². The molecule has 0 heterocycles. The largest absolute Gasteiger partial charge is 0.500 e. The van der Waals surface area contributed by atoms with Gasteiger partial charge < -0.3 is 22.8 Å². The highest BCUT2D eigenvalue weighted by molar-refractivity contribution is 6.60. The molecule has 5 nitrogen and oxygen atoms in total. The number of hydrogen-bond donors (Lipinski definition) is 0. The van der Waals surface area contributed by atoms with Gasteiger partial charge in [-0.25, -0.2) is 0 Å². The van der Waals surface area contributed by atoms with Crippen LogP contribution in [0.25, 0.3) is 0 Å². The van der Waals surface area contributed by atoms with Crippen LogP contribution in [0.2, 0.25) is 6.04 Å². The smallest absolute Gasteiger partial charge is 0.497 e. The van der Waals surface area contributed by atoms with Crippen molar-refractivity contribution in [3.05, 3.63) is 23.3 Å². The van der Waals surface area contributed by atoms with Crippen LogP contribution in [0.15, 0.2) is 12.1 Å². The summed E-state index contributed by atoms with van der Waals surface area (Å²) >= 11 is 0. The third kappa shape index (κ3) is 3.73. The van der Waals surface area contributed by atoms with Crippen molar-refractivity contribution in [2.45, 2.75) is 19.4 Å². The molecule has 0 saturated carbocycles. The molecule has 1 rings (SSSR count). The van der Waals surface area contributed by atoms with Crippen LogP contribution >= 0.6 is 0 Å². The van der Waals surface area contributed by atoms with Crippen LogP contribution in [0.5, 0.6) is 11.5 Å². The van der Waals surface area contributed by atoms with Gasteiger partial charge in [0.1, 0.15) is 11.5 Å². The van der Waals surface area contributed by atoms with Crippen LogP contribution in [0, 0.1) is 6.92 Å². The number of hydrogen-bond acceptors (Lipinski definition) is 5. The van der Waals surface area contributed by atoms with Gasteiger partial charge in [-0.15, -0.1) is 0 Å². The number of aryl methyl sites for hydroxylation is 1. The highest BCUT2D eigenvalue weighted by Gasteiger charge is 2.37. The molecule has 0 aliphatic heterocycles. The van der Waals surface area contributed by atoms with E-state index in [1.807, 2.05) is 19.1 Å². The van der Waals surface area contributed by atoms with Crippen LogP contribution in [0.3, 0.4) is 0 Å². The highest BCUT2D eigenvalue weighted by Crippen LogP contribution is 2.31. The molecular formula is C14H24O5Si. The van der Waals surface area contributed by atoms with E-state index in [9.17, 15) is 0 Å². The van der Waals surface area contributed by atoms with Crippen molar-refractivity contribution in [3.63, 3.8) is 0 Å². The summed E-state index contributed by atoms with van der Waals surface area (Å²) in [5, 5.41) is 0. The van der Waals surface area contributed by atoms with E-state index >= 15 is 0 Å². The Morgan fingerprint density at radius 2 is 1.50 bits per heavy atom. The van der Waals surface area contributed by atoms with Crippen LogP contribution in [0.1, 0.15) is 11.1 Å². The van der Waals surface area contributed by atoms with E-state index in [-0.39, 0.29) is 0 Å².